The molecular formula is C15H22N8O6S. The van der Waals surface area contributed by atoms with Crippen LogP contribution in [-0.4, -0.2) is 81.5 Å². The van der Waals surface area contributed by atoms with Crippen LogP contribution in [0.1, 0.15) is 19.1 Å². The van der Waals surface area contributed by atoms with Gasteiger partial charge in [0.25, 0.3) is 5.91 Å². The number of imidazole rings is 1. The maximum Gasteiger partial charge on any atom is 0.301 e. The van der Waals surface area contributed by atoms with Crippen LogP contribution >= 0.6 is 0 Å². The lowest BCUT2D eigenvalue weighted by atomic mass is 10.1. The molecule has 5 atom stereocenters. The quantitative estimate of drug-likeness (QED) is 0.261. The highest BCUT2D eigenvalue weighted by Gasteiger charge is 2.44. The number of nitrogens with two attached hydrogens (primary N) is 1. The lowest BCUT2D eigenvalue weighted by Gasteiger charge is -2.17. The molecule has 15 heteroatoms. The molecule has 1 amide bonds. The van der Waals surface area contributed by atoms with Gasteiger partial charge in [-0.1, -0.05) is 0 Å². The molecule has 14 nitrogen and oxygen atoms in total. The van der Waals surface area contributed by atoms with Gasteiger partial charge < -0.3 is 26.0 Å². The minimum absolute atomic E-state index is 0.142. The van der Waals surface area contributed by atoms with Crippen molar-refractivity contribution in [2.45, 2.75) is 43.4 Å². The number of aromatic nitrogens is 4. The van der Waals surface area contributed by atoms with Crippen molar-refractivity contribution in [3.8, 4) is 0 Å². The van der Waals surface area contributed by atoms with Crippen LogP contribution in [0.15, 0.2) is 12.7 Å². The maximum atomic E-state index is 12.1. The fourth-order valence-electron chi connectivity index (χ4n) is 3.52. The van der Waals surface area contributed by atoms with Crippen LogP contribution in [0, 0.1) is 0 Å². The molecule has 164 valence electrons. The van der Waals surface area contributed by atoms with Gasteiger partial charge in [0.1, 0.15) is 30.2 Å². The summed E-state index contributed by atoms with van der Waals surface area (Å²) < 4.78 is 35.4. The van der Waals surface area contributed by atoms with Crippen molar-refractivity contribution in [2.75, 3.05) is 18.8 Å². The summed E-state index contributed by atoms with van der Waals surface area (Å²) in [5.41, 5.74) is 6.33. The van der Waals surface area contributed by atoms with Gasteiger partial charge in [-0.05, 0) is 19.4 Å². The molecule has 7 N–H and O–H groups in total. The zero-order valence-electron chi connectivity index (χ0n) is 15.7. The summed E-state index contributed by atoms with van der Waals surface area (Å²) >= 11 is 0. The number of hydrogen-bond donors (Lipinski definition) is 6. The van der Waals surface area contributed by atoms with Crippen molar-refractivity contribution in [1.29, 1.82) is 0 Å². The Balaban J connectivity index is 1.42. The van der Waals surface area contributed by atoms with Gasteiger partial charge in [-0.3, -0.25) is 9.36 Å². The first-order valence-electron chi connectivity index (χ1n) is 9.26. The molecule has 2 saturated heterocycles. The van der Waals surface area contributed by atoms with Crippen LogP contribution in [0.3, 0.4) is 0 Å². The highest BCUT2D eigenvalue weighted by atomic mass is 32.2. The van der Waals surface area contributed by atoms with Crippen LogP contribution in [-0.2, 0) is 19.7 Å². The number of rotatable bonds is 6. The van der Waals surface area contributed by atoms with Crippen molar-refractivity contribution in [1.82, 2.24) is 34.3 Å². The first-order chi connectivity index (χ1) is 14.3. The molecule has 0 aliphatic carbocycles. The SMILES string of the molecule is Nc1ncnc2c1ncn2[C@@H]1O[C@H](CNS(=O)(=O)NC(=O)[C@@H]2CCCN2)C(O)[C@@H]1O. The molecule has 0 bridgehead atoms. The second kappa shape index (κ2) is 8.01. The molecule has 1 unspecified atom stereocenters. The number of anilines is 1. The van der Waals surface area contributed by atoms with E-state index in [1.165, 1.54) is 17.2 Å². The summed E-state index contributed by atoms with van der Waals surface area (Å²) in [4.78, 5) is 24.0. The van der Waals surface area contributed by atoms with Gasteiger partial charge in [-0.25, -0.2) is 19.7 Å². The van der Waals surface area contributed by atoms with Crippen molar-refractivity contribution in [3.05, 3.63) is 12.7 Å². The van der Waals surface area contributed by atoms with E-state index in [0.717, 1.165) is 6.42 Å². The molecule has 2 aromatic rings. The lowest BCUT2D eigenvalue weighted by molar-refractivity contribution is -0.121. The van der Waals surface area contributed by atoms with E-state index < -0.39 is 46.7 Å². The van der Waals surface area contributed by atoms with Crippen molar-refractivity contribution >= 4 is 33.1 Å². The Morgan fingerprint density at radius 1 is 1.33 bits per heavy atom. The summed E-state index contributed by atoms with van der Waals surface area (Å²) in [6.07, 6.45) is -1.06. The van der Waals surface area contributed by atoms with E-state index >= 15 is 0 Å². The van der Waals surface area contributed by atoms with Crippen LogP contribution in [0.25, 0.3) is 11.2 Å². The molecule has 0 saturated carbocycles. The zero-order chi connectivity index (χ0) is 21.5. The molecule has 30 heavy (non-hydrogen) atoms. The van der Waals surface area contributed by atoms with E-state index in [-0.39, 0.29) is 18.0 Å². The highest BCUT2D eigenvalue weighted by Crippen LogP contribution is 2.31. The average molecular weight is 442 g/mol. The average Bonchev–Trinajstić information content (AvgIpc) is 3.42. The number of hydrogen-bond acceptors (Lipinski definition) is 11. The monoisotopic (exact) mass is 442 g/mol. The van der Waals surface area contributed by atoms with Crippen LogP contribution in [0.5, 0.6) is 0 Å². The van der Waals surface area contributed by atoms with Gasteiger partial charge in [0, 0.05) is 6.54 Å². The standard InChI is InChI=1S/C15H22N8O6S/c16-12-9-13(19-5-18-12)23(6-20-9)15-11(25)10(24)8(29-15)4-21-30(27,28)22-14(26)7-2-1-3-17-7/h5-8,10-11,15,17,21,24-25H,1-4H2,(H,22,26)(H2,16,18,19)/t7-,8+,10?,11-,15+/m0/s1. The molecule has 0 radical (unpaired) electrons. The van der Waals surface area contributed by atoms with Crippen molar-refractivity contribution in [2.24, 2.45) is 0 Å². The highest BCUT2D eigenvalue weighted by molar-refractivity contribution is 7.88. The number of carbonyl (C=O) groups is 1. The fourth-order valence-corrected chi connectivity index (χ4v) is 4.39. The van der Waals surface area contributed by atoms with Gasteiger partial charge >= 0.3 is 10.2 Å². The molecule has 2 aromatic heterocycles. The molecule has 0 spiro atoms. The van der Waals surface area contributed by atoms with E-state index in [9.17, 15) is 23.4 Å². The molecular weight excluding hydrogens is 420 g/mol. The number of fused-ring (bicyclic) bond motifs is 1. The fraction of sp³-hybridized carbons (Fsp3) is 0.600. The van der Waals surface area contributed by atoms with E-state index in [1.807, 2.05) is 4.72 Å². The van der Waals surface area contributed by atoms with Crippen LogP contribution < -0.4 is 20.5 Å². The lowest BCUT2D eigenvalue weighted by Crippen LogP contribution is -2.49. The third-order valence-electron chi connectivity index (χ3n) is 5.08. The molecule has 4 heterocycles. The Morgan fingerprint density at radius 2 is 2.13 bits per heavy atom. The Morgan fingerprint density at radius 3 is 2.87 bits per heavy atom. The minimum Gasteiger partial charge on any atom is -0.387 e. The summed E-state index contributed by atoms with van der Waals surface area (Å²) in [5.74, 6) is -0.517. The van der Waals surface area contributed by atoms with Crippen molar-refractivity contribution < 1.29 is 28.2 Å². The zero-order valence-corrected chi connectivity index (χ0v) is 16.5. The number of aliphatic hydroxyl groups excluding tert-OH is 2. The second-order valence-electron chi connectivity index (χ2n) is 7.10. The van der Waals surface area contributed by atoms with Gasteiger partial charge in [0.05, 0.1) is 12.4 Å². The Labute approximate surface area is 171 Å². The van der Waals surface area contributed by atoms with Crippen LogP contribution in [0.2, 0.25) is 0 Å². The Hall–Kier alpha value is -2.43. The first-order valence-corrected chi connectivity index (χ1v) is 10.7. The summed E-state index contributed by atoms with van der Waals surface area (Å²) in [6.45, 7) is 0.269. The topological polar surface area (TPSA) is 207 Å². The molecule has 2 aliphatic rings. The maximum absolute atomic E-state index is 12.1. The Kier molecular flexibility index (Phi) is 5.56. The molecule has 2 fully saturated rings. The van der Waals surface area contributed by atoms with E-state index in [0.29, 0.717) is 18.5 Å². The molecule has 4 rings (SSSR count). The number of nitrogens with one attached hydrogen (secondary N) is 3. The summed E-state index contributed by atoms with van der Waals surface area (Å²) in [7, 11) is -4.18. The predicted molar refractivity (Wildman–Crippen MR) is 102 cm³/mol. The third kappa shape index (κ3) is 3.94. The molecule has 2 aliphatic heterocycles. The van der Waals surface area contributed by atoms with Gasteiger partial charge in [0.2, 0.25) is 0 Å². The van der Waals surface area contributed by atoms with E-state index in [1.54, 1.807) is 0 Å². The normalized spacial score (nSPS) is 29.5. The van der Waals surface area contributed by atoms with Crippen LogP contribution in [0.4, 0.5) is 5.82 Å². The van der Waals surface area contributed by atoms with E-state index in [4.69, 9.17) is 10.5 Å². The van der Waals surface area contributed by atoms with E-state index in [2.05, 4.69) is 25.0 Å². The first kappa shape index (κ1) is 20.8. The van der Waals surface area contributed by atoms with Gasteiger partial charge in [0.15, 0.2) is 17.7 Å². The predicted octanol–water partition coefficient (Wildman–Crippen LogP) is -3.27. The summed E-state index contributed by atoms with van der Waals surface area (Å²) in [5, 5.41) is 23.6. The smallest absolute Gasteiger partial charge is 0.301 e. The number of nitrogens with zero attached hydrogens (tertiary/aromatic N) is 4. The second-order valence-corrected chi connectivity index (χ2v) is 8.60. The Bertz CT molecular complexity index is 1040. The number of carbonyl (C=O) groups excluding carboxylic acids is 1. The van der Waals surface area contributed by atoms with Gasteiger partial charge in [-0.15, -0.1) is 0 Å². The summed E-state index contributed by atoms with van der Waals surface area (Å²) in [6, 6.07) is -0.565. The third-order valence-corrected chi connectivity index (χ3v) is 6.10. The molecule has 0 aromatic carbocycles. The number of amides is 1. The largest absolute Gasteiger partial charge is 0.387 e. The number of aliphatic hydroxyl groups is 2. The van der Waals surface area contributed by atoms with Gasteiger partial charge in [-0.2, -0.15) is 13.1 Å². The van der Waals surface area contributed by atoms with Crippen molar-refractivity contribution in [3.63, 3.8) is 0 Å². The number of nitrogen functional groups attached to an aromatic ring is 1. The minimum atomic E-state index is -4.18. The number of ether oxygens (including phenoxy) is 1.